The quantitative estimate of drug-likeness (QED) is 0.658. The van der Waals surface area contributed by atoms with E-state index < -0.39 is 5.25 Å². The Bertz CT molecular complexity index is 866. The van der Waals surface area contributed by atoms with E-state index in [4.69, 9.17) is 0 Å². The predicted molar refractivity (Wildman–Crippen MR) is 95.1 cm³/mol. The minimum atomic E-state index is -0.495. The highest BCUT2D eigenvalue weighted by molar-refractivity contribution is 8.00. The lowest BCUT2D eigenvalue weighted by Crippen LogP contribution is -2.27. The number of rotatable bonds is 5. The minimum absolute atomic E-state index is 0.0701. The summed E-state index contributed by atoms with van der Waals surface area (Å²) in [5.41, 5.74) is 1.20. The molecule has 128 valence electrons. The number of likely N-dealkylation sites (N-methyl/N-ethyl adjacent to an activating group) is 1. The van der Waals surface area contributed by atoms with Gasteiger partial charge >= 0.3 is 0 Å². The lowest BCUT2D eigenvalue weighted by Gasteiger charge is -2.20. The number of halogens is 1. The number of hydrogen-bond donors (Lipinski definition) is 0. The van der Waals surface area contributed by atoms with Crippen LogP contribution in [0.3, 0.4) is 0 Å². The maximum absolute atomic E-state index is 14.1. The van der Waals surface area contributed by atoms with Gasteiger partial charge in [-0.1, -0.05) is 54.2 Å². The van der Waals surface area contributed by atoms with Crippen molar-refractivity contribution in [3.63, 3.8) is 0 Å². The second kappa shape index (κ2) is 7.48. The van der Waals surface area contributed by atoms with Gasteiger partial charge in [0.25, 0.3) is 0 Å². The third-order valence-electron chi connectivity index (χ3n) is 3.62. The molecule has 0 aliphatic rings. The van der Waals surface area contributed by atoms with Crippen molar-refractivity contribution in [1.82, 2.24) is 19.7 Å². The molecular formula is C18H17FN4OS. The highest BCUT2D eigenvalue weighted by atomic mass is 32.2. The molecular weight excluding hydrogens is 339 g/mol. The molecule has 0 spiro atoms. The number of amides is 1. The molecule has 1 amide bonds. The molecule has 0 unspecified atom stereocenters. The fraction of sp³-hybridized carbons (Fsp3) is 0.167. The standard InChI is InChI=1S/C18H17FN4OS/c1-22(2)17(24)16(13-8-4-3-5-9-13)25-18-21-20-12-23(18)15-11-7-6-10-14(15)19/h3-12,16H,1-2H3/t16-/m1/s1. The van der Waals surface area contributed by atoms with Gasteiger partial charge in [-0.3, -0.25) is 9.36 Å². The maximum Gasteiger partial charge on any atom is 0.240 e. The molecule has 0 bridgehead atoms. The molecule has 3 aromatic rings. The fourth-order valence-electron chi connectivity index (χ4n) is 2.35. The largest absolute Gasteiger partial charge is 0.348 e. The lowest BCUT2D eigenvalue weighted by atomic mass is 10.1. The zero-order valence-electron chi connectivity index (χ0n) is 13.8. The van der Waals surface area contributed by atoms with E-state index in [2.05, 4.69) is 10.2 Å². The average Bonchev–Trinajstić information content (AvgIpc) is 3.08. The third kappa shape index (κ3) is 3.71. The summed E-state index contributed by atoms with van der Waals surface area (Å²) in [5.74, 6) is -0.446. The number of aromatic nitrogens is 3. The molecule has 5 nitrogen and oxygen atoms in total. The van der Waals surface area contributed by atoms with Crippen LogP contribution in [-0.4, -0.2) is 39.7 Å². The van der Waals surface area contributed by atoms with Gasteiger partial charge in [-0.25, -0.2) is 4.39 Å². The van der Waals surface area contributed by atoms with Gasteiger partial charge < -0.3 is 4.90 Å². The number of benzene rings is 2. The summed E-state index contributed by atoms with van der Waals surface area (Å²) in [4.78, 5) is 14.2. The predicted octanol–water partition coefficient (Wildman–Crippen LogP) is 3.33. The summed E-state index contributed by atoms with van der Waals surface area (Å²) >= 11 is 1.25. The van der Waals surface area contributed by atoms with Crippen molar-refractivity contribution in [2.75, 3.05) is 14.1 Å². The van der Waals surface area contributed by atoms with Gasteiger partial charge in [0, 0.05) is 14.1 Å². The van der Waals surface area contributed by atoms with Crippen molar-refractivity contribution in [3.8, 4) is 5.69 Å². The highest BCUT2D eigenvalue weighted by Gasteiger charge is 2.26. The van der Waals surface area contributed by atoms with Crippen LogP contribution in [0.25, 0.3) is 5.69 Å². The maximum atomic E-state index is 14.1. The van der Waals surface area contributed by atoms with Gasteiger partial charge in [0.1, 0.15) is 17.4 Å². The zero-order chi connectivity index (χ0) is 17.8. The number of carbonyl (C=O) groups excluding carboxylic acids is 1. The van der Waals surface area contributed by atoms with Gasteiger partial charge in [-0.15, -0.1) is 10.2 Å². The van der Waals surface area contributed by atoms with E-state index in [1.165, 1.54) is 29.1 Å². The molecule has 25 heavy (non-hydrogen) atoms. The Morgan fingerprint density at radius 2 is 1.80 bits per heavy atom. The number of thioether (sulfide) groups is 1. The summed E-state index contributed by atoms with van der Waals surface area (Å²) in [6, 6.07) is 15.8. The number of carbonyl (C=O) groups is 1. The molecule has 7 heteroatoms. The molecule has 3 rings (SSSR count). The topological polar surface area (TPSA) is 51.0 Å². The highest BCUT2D eigenvalue weighted by Crippen LogP contribution is 2.36. The van der Waals surface area contributed by atoms with Gasteiger partial charge in [-0.2, -0.15) is 0 Å². The Labute approximate surface area is 149 Å². The first kappa shape index (κ1) is 17.2. The van der Waals surface area contributed by atoms with Crippen LogP contribution in [0.1, 0.15) is 10.8 Å². The molecule has 2 aromatic carbocycles. The number of para-hydroxylation sites is 1. The Balaban J connectivity index is 1.98. The van der Waals surface area contributed by atoms with E-state index in [1.807, 2.05) is 30.3 Å². The molecule has 1 atom stereocenters. The van der Waals surface area contributed by atoms with Crippen molar-refractivity contribution in [2.24, 2.45) is 0 Å². The van der Waals surface area contributed by atoms with Crippen molar-refractivity contribution in [2.45, 2.75) is 10.4 Å². The van der Waals surface area contributed by atoms with E-state index >= 15 is 0 Å². The van der Waals surface area contributed by atoms with Gasteiger partial charge in [0.2, 0.25) is 5.91 Å². The van der Waals surface area contributed by atoms with Crippen LogP contribution < -0.4 is 0 Å². The number of nitrogens with zero attached hydrogens (tertiary/aromatic N) is 4. The van der Waals surface area contributed by atoms with E-state index in [-0.39, 0.29) is 11.7 Å². The summed E-state index contributed by atoms with van der Waals surface area (Å²) in [5, 5.41) is 7.93. The van der Waals surface area contributed by atoms with Crippen molar-refractivity contribution >= 4 is 17.7 Å². The van der Waals surface area contributed by atoms with Crippen LogP contribution in [0, 0.1) is 5.82 Å². The Morgan fingerprint density at radius 1 is 1.12 bits per heavy atom. The first-order valence-electron chi connectivity index (χ1n) is 7.65. The van der Waals surface area contributed by atoms with Crippen LogP contribution in [0.2, 0.25) is 0 Å². The Kier molecular flexibility index (Phi) is 5.14. The molecule has 0 saturated heterocycles. The molecule has 0 aliphatic heterocycles. The SMILES string of the molecule is CN(C)C(=O)[C@H](Sc1nncn1-c1ccccc1F)c1ccccc1. The first-order valence-corrected chi connectivity index (χ1v) is 8.53. The second-order valence-corrected chi connectivity index (χ2v) is 6.65. The summed E-state index contributed by atoms with van der Waals surface area (Å²) in [6.45, 7) is 0. The monoisotopic (exact) mass is 356 g/mol. The van der Waals surface area contributed by atoms with Gasteiger partial charge in [0.05, 0.1) is 5.69 Å². The van der Waals surface area contributed by atoms with Gasteiger partial charge in [0.15, 0.2) is 5.16 Å². The van der Waals surface area contributed by atoms with E-state index in [0.29, 0.717) is 10.8 Å². The second-order valence-electron chi connectivity index (χ2n) is 5.58. The first-order chi connectivity index (χ1) is 12.1. The Morgan fingerprint density at radius 3 is 2.48 bits per heavy atom. The minimum Gasteiger partial charge on any atom is -0.348 e. The molecule has 1 heterocycles. The van der Waals surface area contributed by atoms with Gasteiger partial charge in [-0.05, 0) is 17.7 Å². The normalized spacial score (nSPS) is 12.0. The molecule has 0 fully saturated rings. The smallest absolute Gasteiger partial charge is 0.240 e. The zero-order valence-corrected chi connectivity index (χ0v) is 14.7. The molecule has 0 aliphatic carbocycles. The van der Waals surface area contributed by atoms with Crippen molar-refractivity contribution < 1.29 is 9.18 Å². The van der Waals surface area contributed by atoms with E-state index in [0.717, 1.165) is 5.56 Å². The molecule has 0 saturated carbocycles. The lowest BCUT2D eigenvalue weighted by molar-refractivity contribution is -0.128. The summed E-state index contributed by atoms with van der Waals surface area (Å²) < 4.78 is 15.7. The van der Waals surface area contributed by atoms with Crippen LogP contribution in [0.5, 0.6) is 0 Å². The van der Waals surface area contributed by atoms with Crippen LogP contribution in [-0.2, 0) is 4.79 Å². The van der Waals surface area contributed by atoms with Crippen molar-refractivity contribution in [1.29, 1.82) is 0 Å². The van der Waals surface area contributed by atoms with Crippen LogP contribution >= 0.6 is 11.8 Å². The average molecular weight is 356 g/mol. The molecule has 0 N–H and O–H groups in total. The van der Waals surface area contributed by atoms with Crippen LogP contribution in [0.4, 0.5) is 4.39 Å². The molecule has 0 radical (unpaired) electrons. The summed E-state index contributed by atoms with van der Waals surface area (Å²) in [7, 11) is 3.42. The third-order valence-corrected chi connectivity index (χ3v) is 4.82. The van der Waals surface area contributed by atoms with Crippen molar-refractivity contribution in [3.05, 3.63) is 72.3 Å². The summed E-state index contributed by atoms with van der Waals surface area (Å²) in [6.07, 6.45) is 1.45. The van der Waals surface area contributed by atoms with Crippen LogP contribution in [0.15, 0.2) is 66.1 Å². The number of hydrogen-bond acceptors (Lipinski definition) is 4. The van der Waals surface area contributed by atoms with E-state index in [1.54, 1.807) is 36.9 Å². The Hall–Kier alpha value is -2.67. The molecule has 1 aromatic heterocycles. The fourth-order valence-corrected chi connectivity index (χ4v) is 3.51. The van der Waals surface area contributed by atoms with E-state index in [9.17, 15) is 9.18 Å².